The number of hydrogen-bond donors (Lipinski definition) is 2. The number of benzene rings is 1. The van der Waals surface area contributed by atoms with Crippen molar-refractivity contribution in [3.8, 4) is 11.5 Å². The zero-order valence-electron chi connectivity index (χ0n) is 18.9. The third-order valence-electron chi connectivity index (χ3n) is 6.66. The Morgan fingerprint density at radius 3 is 2.34 bits per heavy atom. The monoisotopic (exact) mass is 443 g/mol. The Labute approximate surface area is 189 Å². The highest BCUT2D eigenvalue weighted by molar-refractivity contribution is 5.98. The van der Waals surface area contributed by atoms with E-state index in [9.17, 15) is 14.4 Å². The average Bonchev–Trinajstić information content (AvgIpc) is 3.48. The summed E-state index contributed by atoms with van der Waals surface area (Å²) in [7, 11) is 0. The molecule has 4 rings (SSSR count). The molecule has 1 saturated carbocycles. The fourth-order valence-electron chi connectivity index (χ4n) is 4.92. The standard InChI is InChI=1S/C24H33N3O5/c1-15(2)25-23(29)21(26-22(28)18-7-8-19-20(13-18)32-14-31-19)16-9-11-27(12-10-16)24(30)17-5-3-4-6-17/h7-8,13,15-17,21H,3-6,9-12,14H2,1-2H3,(H,25,29)(H,26,28). The molecular weight excluding hydrogens is 410 g/mol. The first-order chi connectivity index (χ1) is 15.4. The molecule has 8 nitrogen and oxygen atoms in total. The Morgan fingerprint density at radius 1 is 0.969 bits per heavy atom. The molecule has 1 saturated heterocycles. The van der Waals surface area contributed by atoms with Crippen molar-refractivity contribution in [3.05, 3.63) is 23.8 Å². The molecule has 0 aromatic heterocycles. The fraction of sp³-hybridized carbons (Fsp3) is 0.625. The summed E-state index contributed by atoms with van der Waals surface area (Å²) in [6, 6.07) is 4.32. The van der Waals surface area contributed by atoms with Crippen LogP contribution in [0.2, 0.25) is 0 Å². The molecule has 2 N–H and O–H groups in total. The molecule has 1 aromatic rings. The van der Waals surface area contributed by atoms with E-state index in [1.807, 2.05) is 18.7 Å². The Morgan fingerprint density at radius 2 is 1.66 bits per heavy atom. The molecule has 1 atom stereocenters. The van der Waals surface area contributed by atoms with Crippen LogP contribution in [0.4, 0.5) is 0 Å². The SMILES string of the molecule is CC(C)NC(=O)C(NC(=O)c1ccc2c(c1)OCO2)C1CCN(C(=O)C2CCCC2)CC1. The number of likely N-dealkylation sites (tertiary alicyclic amines) is 1. The first-order valence-electron chi connectivity index (χ1n) is 11.7. The molecule has 2 heterocycles. The Hall–Kier alpha value is -2.77. The summed E-state index contributed by atoms with van der Waals surface area (Å²) in [4.78, 5) is 40.7. The normalized spacial score (nSPS) is 19.8. The van der Waals surface area contributed by atoms with Crippen LogP contribution >= 0.6 is 0 Å². The van der Waals surface area contributed by atoms with Gasteiger partial charge in [0.25, 0.3) is 5.91 Å². The molecule has 3 aliphatic rings. The summed E-state index contributed by atoms with van der Waals surface area (Å²) >= 11 is 0. The maximum absolute atomic E-state index is 13.0. The van der Waals surface area contributed by atoms with Gasteiger partial charge in [0.1, 0.15) is 6.04 Å². The lowest BCUT2D eigenvalue weighted by Crippen LogP contribution is -2.55. The van der Waals surface area contributed by atoms with Gasteiger partial charge in [-0.2, -0.15) is 0 Å². The highest BCUT2D eigenvalue weighted by atomic mass is 16.7. The van der Waals surface area contributed by atoms with Crippen LogP contribution in [0.3, 0.4) is 0 Å². The van der Waals surface area contributed by atoms with E-state index < -0.39 is 6.04 Å². The van der Waals surface area contributed by atoms with Crippen molar-refractivity contribution in [2.24, 2.45) is 11.8 Å². The van der Waals surface area contributed by atoms with Crippen LogP contribution in [0.25, 0.3) is 0 Å². The molecule has 0 spiro atoms. The number of rotatable bonds is 6. The summed E-state index contributed by atoms with van der Waals surface area (Å²) in [5.41, 5.74) is 0.422. The van der Waals surface area contributed by atoms with E-state index in [2.05, 4.69) is 10.6 Å². The molecule has 2 fully saturated rings. The molecular formula is C24H33N3O5. The minimum Gasteiger partial charge on any atom is -0.454 e. The number of hydrogen-bond acceptors (Lipinski definition) is 5. The maximum Gasteiger partial charge on any atom is 0.252 e. The lowest BCUT2D eigenvalue weighted by molar-refractivity contribution is -0.137. The minimum absolute atomic E-state index is 0.0284. The van der Waals surface area contributed by atoms with Crippen molar-refractivity contribution >= 4 is 17.7 Å². The maximum atomic E-state index is 13.0. The van der Waals surface area contributed by atoms with Crippen molar-refractivity contribution in [1.29, 1.82) is 0 Å². The van der Waals surface area contributed by atoms with Gasteiger partial charge in [0.05, 0.1) is 0 Å². The smallest absolute Gasteiger partial charge is 0.252 e. The van der Waals surface area contributed by atoms with E-state index in [1.165, 1.54) is 0 Å². The van der Waals surface area contributed by atoms with E-state index in [0.29, 0.717) is 43.0 Å². The Bertz CT molecular complexity index is 857. The quantitative estimate of drug-likeness (QED) is 0.704. The van der Waals surface area contributed by atoms with Crippen LogP contribution in [0, 0.1) is 11.8 Å². The number of carbonyl (C=O) groups excluding carboxylic acids is 3. The van der Waals surface area contributed by atoms with E-state index in [4.69, 9.17) is 9.47 Å². The lowest BCUT2D eigenvalue weighted by Gasteiger charge is -2.37. The molecule has 32 heavy (non-hydrogen) atoms. The second-order valence-corrected chi connectivity index (χ2v) is 9.33. The zero-order chi connectivity index (χ0) is 22.7. The van der Waals surface area contributed by atoms with Gasteiger partial charge in [-0.25, -0.2) is 0 Å². The van der Waals surface area contributed by atoms with Gasteiger partial charge in [-0.1, -0.05) is 12.8 Å². The predicted molar refractivity (Wildman–Crippen MR) is 118 cm³/mol. The zero-order valence-corrected chi connectivity index (χ0v) is 18.9. The fourth-order valence-corrected chi connectivity index (χ4v) is 4.92. The number of amides is 3. The summed E-state index contributed by atoms with van der Waals surface area (Å²) in [6.07, 6.45) is 5.63. The van der Waals surface area contributed by atoms with E-state index >= 15 is 0 Å². The first kappa shape index (κ1) is 22.4. The largest absolute Gasteiger partial charge is 0.454 e. The third-order valence-corrected chi connectivity index (χ3v) is 6.66. The summed E-state index contributed by atoms with van der Waals surface area (Å²) < 4.78 is 10.7. The summed E-state index contributed by atoms with van der Waals surface area (Å²) in [6.45, 7) is 5.20. The molecule has 2 aliphatic heterocycles. The van der Waals surface area contributed by atoms with Gasteiger partial charge in [0.2, 0.25) is 18.6 Å². The van der Waals surface area contributed by atoms with Gasteiger partial charge in [-0.3, -0.25) is 14.4 Å². The van der Waals surface area contributed by atoms with Crippen LogP contribution < -0.4 is 20.1 Å². The number of nitrogens with one attached hydrogen (secondary N) is 2. The number of fused-ring (bicyclic) bond motifs is 1. The van der Waals surface area contributed by atoms with Crippen LogP contribution in [0.5, 0.6) is 11.5 Å². The van der Waals surface area contributed by atoms with Crippen molar-refractivity contribution in [3.63, 3.8) is 0 Å². The lowest BCUT2D eigenvalue weighted by atomic mass is 9.87. The van der Waals surface area contributed by atoms with Crippen molar-refractivity contribution < 1.29 is 23.9 Å². The van der Waals surface area contributed by atoms with E-state index in [0.717, 1.165) is 25.7 Å². The van der Waals surface area contributed by atoms with Crippen molar-refractivity contribution in [1.82, 2.24) is 15.5 Å². The molecule has 8 heteroatoms. The van der Waals surface area contributed by atoms with Crippen LogP contribution in [0.15, 0.2) is 18.2 Å². The van der Waals surface area contributed by atoms with Gasteiger partial charge in [0.15, 0.2) is 11.5 Å². The Kier molecular flexibility index (Phi) is 6.86. The molecule has 3 amide bonds. The number of ether oxygens (including phenoxy) is 2. The third kappa shape index (κ3) is 5.00. The van der Waals surface area contributed by atoms with Gasteiger partial charge < -0.3 is 25.0 Å². The number of nitrogens with zero attached hydrogens (tertiary/aromatic N) is 1. The number of piperidine rings is 1. The predicted octanol–water partition coefficient (Wildman–Crippen LogP) is 2.47. The van der Waals surface area contributed by atoms with Gasteiger partial charge in [-0.05, 0) is 63.6 Å². The van der Waals surface area contributed by atoms with Crippen LogP contribution in [-0.2, 0) is 9.59 Å². The highest BCUT2D eigenvalue weighted by Crippen LogP contribution is 2.33. The van der Waals surface area contributed by atoms with E-state index in [-0.39, 0.29) is 42.4 Å². The van der Waals surface area contributed by atoms with Gasteiger partial charge in [0, 0.05) is 30.6 Å². The molecule has 174 valence electrons. The summed E-state index contributed by atoms with van der Waals surface area (Å²) in [5, 5.41) is 5.89. The average molecular weight is 444 g/mol. The van der Waals surface area contributed by atoms with Crippen LogP contribution in [0.1, 0.15) is 62.7 Å². The minimum atomic E-state index is -0.654. The molecule has 0 radical (unpaired) electrons. The first-order valence-corrected chi connectivity index (χ1v) is 11.7. The topological polar surface area (TPSA) is 97.0 Å². The molecule has 1 aromatic carbocycles. The number of carbonyl (C=O) groups is 3. The Balaban J connectivity index is 1.42. The van der Waals surface area contributed by atoms with E-state index in [1.54, 1.807) is 18.2 Å². The second kappa shape index (κ2) is 9.79. The molecule has 0 bridgehead atoms. The molecule has 1 aliphatic carbocycles. The molecule has 1 unspecified atom stereocenters. The van der Waals surface area contributed by atoms with Gasteiger partial charge >= 0.3 is 0 Å². The second-order valence-electron chi connectivity index (χ2n) is 9.33. The van der Waals surface area contributed by atoms with Crippen LogP contribution in [-0.4, -0.2) is 54.6 Å². The van der Waals surface area contributed by atoms with Crippen molar-refractivity contribution in [2.45, 2.75) is 64.5 Å². The highest BCUT2D eigenvalue weighted by Gasteiger charge is 2.36. The van der Waals surface area contributed by atoms with Gasteiger partial charge in [-0.15, -0.1) is 0 Å². The van der Waals surface area contributed by atoms with Crippen molar-refractivity contribution in [2.75, 3.05) is 19.9 Å². The summed E-state index contributed by atoms with van der Waals surface area (Å²) in [5.74, 6) is 1.02.